The van der Waals surface area contributed by atoms with E-state index in [1.807, 2.05) is 19.9 Å². The molecule has 0 aliphatic carbocycles. The first-order valence-corrected chi connectivity index (χ1v) is 17.6. The average Bonchev–Trinajstić information content (AvgIpc) is 3.78. The van der Waals surface area contributed by atoms with Crippen LogP contribution in [0.4, 0.5) is 13.2 Å². The molecule has 0 saturated heterocycles. The Morgan fingerprint density at radius 2 is 1.13 bits per heavy atom. The lowest BCUT2D eigenvalue weighted by Crippen LogP contribution is -2.27. The van der Waals surface area contributed by atoms with Gasteiger partial charge in [-0.05, 0) is 115 Å². The molecule has 0 unspecified atom stereocenters. The highest BCUT2D eigenvalue weighted by atomic mass is 19.4. The van der Waals surface area contributed by atoms with Gasteiger partial charge in [-0.15, -0.1) is 0 Å². The third-order valence-electron chi connectivity index (χ3n) is 10.9. The largest absolute Gasteiger partial charge is 0.416 e. The van der Waals surface area contributed by atoms with E-state index in [1.165, 1.54) is 28.3 Å². The molecule has 0 spiro atoms. The van der Waals surface area contributed by atoms with Crippen LogP contribution in [0.1, 0.15) is 132 Å². The van der Waals surface area contributed by atoms with Crippen molar-refractivity contribution in [2.75, 3.05) is 0 Å². The number of aromatic nitrogens is 4. The van der Waals surface area contributed by atoms with Crippen LogP contribution < -0.4 is 0 Å². The molecule has 4 aromatic rings. The van der Waals surface area contributed by atoms with Gasteiger partial charge in [0.1, 0.15) is 0 Å². The molecule has 0 radical (unpaired) electrons. The Morgan fingerprint density at radius 3 is 1.60 bits per heavy atom. The van der Waals surface area contributed by atoms with E-state index in [-0.39, 0.29) is 0 Å². The lowest BCUT2D eigenvalue weighted by molar-refractivity contribution is -0.138. The highest BCUT2D eigenvalue weighted by Gasteiger charge is 2.46. The third-order valence-corrected chi connectivity index (χ3v) is 10.9. The van der Waals surface area contributed by atoms with Gasteiger partial charge in [0.2, 0.25) is 0 Å². The SMILES string of the molecule is CCC1=C(CC)c2nc1cc1[nH]c(cc3[nH]c(cc4nc5c(c(C(F)(F)F)ccc25)C4(CC)CC)c(CC)c3CC)c(CC)c1CC. The number of nitrogens with zero attached hydrogens (tertiary/aromatic N) is 2. The molecular formula is C40H47F3N4. The summed E-state index contributed by atoms with van der Waals surface area (Å²) in [7, 11) is 0. The van der Waals surface area contributed by atoms with Crippen molar-refractivity contribution in [3.8, 4) is 0 Å². The van der Waals surface area contributed by atoms with Crippen LogP contribution in [0.5, 0.6) is 0 Å². The molecule has 7 heteroatoms. The van der Waals surface area contributed by atoms with Crippen molar-refractivity contribution in [2.24, 2.45) is 0 Å². The van der Waals surface area contributed by atoms with Gasteiger partial charge in [-0.1, -0.05) is 55.4 Å². The van der Waals surface area contributed by atoms with E-state index in [9.17, 15) is 13.2 Å². The van der Waals surface area contributed by atoms with Crippen LogP contribution in [0.25, 0.3) is 44.1 Å². The first kappa shape index (κ1) is 33.0. The predicted octanol–water partition coefficient (Wildman–Crippen LogP) is 11.6. The smallest absolute Gasteiger partial charge is 0.355 e. The number of allylic oxidation sites excluding steroid dienone is 2. The minimum absolute atomic E-state index is 0.290. The van der Waals surface area contributed by atoms with Crippen molar-refractivity contribution >= 4 is 44.1 Å². The third kappa shape index (κ3) is 4.95. The number of rotatable bonds is 8. The van der Waals surface area contributed by atoms with Crippen LogP contribution >= 0.6 is 0 Å². The number of aromatic amines is 2. The molecule has 8 bridgehead atoms. The maximum absolute atomic E-state index is 14.9. The van der Waals surface area contributed by atoms with Crippen LogP contribution in [0.3, 0.4) is 0 Å². The van der Waals surface area contributed by atoms with E-state index in [1.54, 1.807) is 6.07 Å². The summed E-state index contributed by atoms with van der Waals surface area (Å²) in [5.41, 5.74) is 12.9. The molecule has 0 fully saturated rings. The van der Waals surface area contributed by atoms with Crippen LogP contribution in [0.2, 0.25) is 0 Å². The Hall–Kier alpha value is -3.87. The number of alkyl halides is 3. The molecule has 2 aliphatic rings. The normalized spacial score (nSPS) is 14.6. The monoisotopic (exact) mass is 640 g/mol. The Labute approximate surface area is 276 Å². The van der Waals surface area contributed by atoms with E-state index in [2.05, 4.69) is 63.6 Å². The molecule has 6 rings (SSSR count). The molecule has 2 N–H and O–H groups in total. The van der Waals surface area contributed by atoms with Gasteiger partial charge >= 0.3 is 6.18 Å². The van der Waals surface area contributed by atoms with Crippen molar-refractivity contribution in [1.82, 2.24) is 19.9 Å². The van der Waals surface area contributed by atoms with Gasteiger partial charge in [-0.2, -0.15) is 13.2 Å². The molecule has 5 heterocycles. The zero-order valence-electron chi connectivity index (χ0n) is 29.1. The molecule has 2 aliphatic heterocycles. The van der Waals surface area contributed by atoms with Crippen LogP contribution in [0, 0.1) is 0 Å². The number of H-pyrrole nitrogens is 2. The van der Waals surface area contributed by atoms with Crippen molar-refractivity contribution < 1.29 is 13.2 Å². The fraction of sp³-hybridized carbons (Fsp3) is 0.450. The summed E-state index contributed by atoms with van der Waals surface area (Å²) in [6.45, 7) is 16.9. The quantitative estimate of drug-likeness (QED) is 0.201. The summed E-state index contributed by atoms with van der Waals surface area (Å²) in [5.74, 6) is 0. The van der Waals surface area contributed by atoms with Gasteiger partial charge < -0.3 is 9.97 Å². The second-order valence-electron chi connectivity index (χ2n) is 12.8. The molecular weight excluding hydrogens is 593 g/mol. The molecule has 248 valence electrons. The van der Waals surface area contributed by atoms with Crippen molar-refractivity contribution in [2.45, 2.75) is 118 Å². The summed E-state index contributed by atoms with van der Waals surface area (Å²) in [5, 5.41) is 0.684. The van der Waals surface area contributed by atoms with Crippen LogP contribution in [0.15, 0.2) is 30.3 Å². The molecule has 1 aromatic carbocycles. The fourth-order valence-electron chi connectivity index (χ4n) is 8.55. The zero-order chi connectivity index (χ0) is 33.8. The van der Waals surface area contributed by atoms with Crippen LogP contribution in [-0.4, -0.2) is 19.9 Å². The first-order chi connectivity index (χ1) is 22.5. The fourth-order valence-corrected chi connectivity index (χ4v) is 8.55. The Kier molecular flexibility index (Phi) is 8.65. The van der Waals surface area contributed by atoms with Crippen molar-refractivity contribution in [3.63, 3.8) is 0 Å². The predicted molar refractivity (Wildman–Crippen MR) is 190 cm³/mol. The maximum Gasteiger partial charge on any atom is 0.416 e. The van der Waals surface area contributed by atoms with E-state index in [0.717, 1.165) is 83.1 Å². The molecule has 0 saturated carbocycles. The highest BCUT2D eigenvalue weighted by molar-refractivity contribution is 6.02. The second kappa shape index (κ2) is 12.3. The van der Waals surface area contributed by atoms with Gasteiger partial charge in [-0.25, -0.2) is 4.98 Å². The van der Waals surface area contributed by atoms with Crippen molar-refractivity contribution in [3.05, 3.63) is 80.8 Å². The summed E-state index contributed by atoms with van der Waals surface area (Å²) in [4.78, 5) is 18.0. The molecule has 0 atom stereocenters. The van der Waals surface area contributed by atoms with E-state index < -0.39 is 17.2 Å². The number of aryl methyl sites for hydroxylation is 4. The number of benzene rings is 1. The van der Waals surface area contributed by atoms with Gasteiger partial charge in [0, 0.05) is 38.4 Å². The van der Waals surface area contributed by atoms with Gasteiger partial charge in [0.05, 0.1) is 28.2 Å². The minimum atomic E-state index is -4.51. The first-order valence-electron chi connectivity index (χ1n) is 17.6. The summed E-state index contributed by atoms with van der Waals surface area (Å²) in [6, 6.07) is 9.34. The summed E-state index contributed by atoms with van der Waals surface area (Å²) < 4.78 is 44.7. The number of halogens is 3. The molecule has 0 amide bonds. The molecule has 4 nitrogen and oxygen atoms in total. The standard InChI is InChI=1S/C40H47F3N4/c1-9-22-23(10-2)32-20-33-26(13-5)27(14-6)37(46-33)28-17-18-29(40(41,42)43)36-38(28)47-35(39(36,15-7)16-8)21-34-25(12-4)24(11-3)31(45-34)19-30(22)44-32/h17-21,44-45H,9-16H2,1-8H3. The minimum Gasteiger partial charge on any atom is -0.355 e. The number of hydrogen-bond donors (Lipinski definition) is 2. The van der Waals surface area contributed by atoms with Crippen LogP contribution in [-0.2, 0) is 37.3 Å². The van der Waals surface area contributed by atoms with E-state index >= 15 is 0 Å². The zero-order valence-corrected chi connectivity index (χ0v) is 29.1. The number of fused-ring (bicyclic) bond motifs is 8. The lowest BCUT2D eigenvalue weighted by Gasteiger charge is -2.30. The lowest BCUT2D eigenvalue weighted by atomic mass is 9.72. The van der Waals surface area contributed by atoms with Gasteiger partial charge in [0.25, 0.3) is 0 Å². The second-order valence-corrected chi connectivity index (χ2v) is 12.8. The Bertz CT molecular complexity index is 2070. The number of nitrogens with one attached hydrogen (secondary N) is 2. The average molecular weight is 641 g/mol. The highest BCUT2D eigenvalue weighted by Crippen LogP contribution is 2.51. The Balaban J connectivity index is 1.94. The topological polar surface area (TPSA) is 57.4 Å². The van der Waals surface area contributed by atoms with E-state index in [0.29, 0.717) is 35.0 Å². The van der Waals surface area contributed by atoms with Gasteiger partial charge in [0.15, 0.2) is 0 Å². The number of hydrogen-bond acceptors (Lipinski definition) is 2. The summed E-state index contributed by atoms with van der Waals surface area (Å²) >= 11 is 0. The van der Waals surface area contributed by atoms with Crippen molar-refractivity contribution in [1.29, 1.82) is 0 Å². The Morgan fingerprint density at radius 1 is 0.617 bits per heavy atom. The van der Waals surface area contributed by atoms with E-state index in [4.69, 9.17) is 9.97 Å². The van der Waals surface area contributed by atoms with Gasteiger partial charge in [-0.3, -0.25) is 4.98 Å². The molecule has 3 aromatic heterocycles. The summed E-state index contributed by atoms with van der Waals surface area (Å²) in [6.07, 6.45) is 1.38. The maximum atomic E-state index is 14.9. The molecule has 47 heavy (non-hydrogen) atoms.